The van der Waals surface area contributed by atoms with Gasteiger partial charge in [-0.25, -0.2) is 8.42 Å². The topological polar surface area (TPSA) is 133 Å². The van der Waals surface area contributed by atoms with E-state index in [1.807, 2.05) is 0 Å². The van der Waals surface area contributed by atoms with Crippen molar-refractivity contribution in [2.24, 2.45) is 0 Å². The maximum atomic E-state index is 9.68. The van der Waals surface area contributed by atoms with Crippen molar-refractivity contribution in [3.8, 4) is 0 Å². The molecule has 0 amide bonds. The van der Waals surface area contributed by atoms with Crippen molar-refractivity contribution in [1.82, 2.24) is 0 Å². The maximum Gasteiger partial charge on any atom is 1.00 e. The van der Waals surface area contributed by atoms with E-state index in [1.165, 1.54) is 0 Å². The third-order valence-electron chi connectivity index (χ3n) is 0.250. The summed E-state index contributed by atoms with van der Waals surface area (Å²) in [5.74, 6) is 0. The van der Waals surface area contributed by atoms with Crippen molar-refractivity contribution in [1.29, 1.82) is 0 Å². The summed E-state index contributed by atoms with van der Waals surface area (Å²) in [5.41, 5.74) is 0. The van der Waals surface area contributed by atoms with Crippen LogP contribution in [0.3, 0.4) is 0 Å². The summed E-state index contributed by atoms with van der Waals surface area (Å²) < 4.78 is 52.5. The molecule has 0 N–H and O–H groups in total. The van der Waals surface area contributed by atoms with Crippen molar-refractivity contribution >= 4 is 20.8 Å². The summed E-state index contributed by atoms with van der Waals surface area (Å²) in [5, 5.41) is 9.01. The predicted molar refractivity (Wildman–Crippen MR) is 20.8 cm³/mol. The zero-order chi connectivity index (χ0) is 8.41. The van der Waals surface area contributed by atoms with Crippen LogP contribution in [0.25, 0.3) is 0 Å². The average molecular weight is 408 g/mol. The van der Waals surface area contributed by atoms with Crippen LogP contribution in [0.15, 0.2) is 0 Å². The fourth-order valence-corrected chi connectivity index (χ4v) is 1.02. The molecular formula is Ag2O8S2. The van der Waals surface area contributed by atoms with Gasteiger partial charge < -0.3 is 14.1 Å². The minimum atomic E-state index is -5.46. The van der Waals surface area contributed by atoms with Gasteiger partial charge in [-0.05, 0) is 0 Å². The molecule has 0 aliphatic carbocycles. The standard InChI is InChI=1S/2Ag.H2O8S2/c;;1-7-10(5,6)8-9(2,3)4/h;;1H,(H,2,3,4)/q2*+1;/p-2. The fourth-order valence-electron chi connectivity index (χ4n) is 0.113. The van der Waals surface area contributed by atoms with Gasteiger partial charge in [-0.15, -0.1) is 3.63 Å². The predicted octanol–water partition coefficient (Wildman–Crippen LogP) is -3.01. The Morgan fingerprint density at radius 2 is 1.33 bits per heavy atom. The number of rotatable bonds is 3. The van der Waals surface area contributed by atoms with E-state index in [-0.39, 0.29) is 44.8 Å². The van der Waals surface area contributed by atoms with Crippen molar-refractivity contribution in [2.75, 3.05) is 0 Å². The van der Waals surface area contributed by atoms with Crippen molar-refractivity contribution in [3.63, 3.8) is 0 Å². The molecule has 82 valence electrons. The number of hydrogen-bond acceptors (Lipinski definition) is 8. The normalized spacial score (nSPS) is 11.2. The van der Waals surface area contributed by atoms with Gasteiger partial charge >= 0.3 is 55.2 Å². The molecule has 0 rings (SSSR count). The molecule has 0 fully saturated rings. The molecule has 0 aliphatic rings. The summed E-state index contributed by atoms with van der Waals surface area (Å²) in [4.78, 5) is 0. The van der Waals surface area contributed by atoms with E-state index in [2.05, 4.69) is 7.96 Å². The SMILES string of the molecule is O=S(=O)([O-])OS(=O)(=O)O[O-].[Ag+].[Ag+]. The Labute approximate surface area is 99.5 Å². The zero-order valence-electron chi connectivity index (χ0n) is 4.69. The number of hydrogen-bond donors (Lipinski definition) is 0. The molecular weight excluding hydrogens is 408 g/mol. The molecule has 0 aromatic rings. The van der Waals surface area contributed by atoms with Crippen LogP contribution in [0.5, 0.6) is 0 Å². The monoisotopic (exact) mass is 406 g/mol. The van der Waals surface area contributed by atoms with Crippen LogP contribution in [-0.2, 0) is 73.5 Å². The Bertz CT molecular complexity index is 283. The minimum absolute atomic E-state index is 0. The van der Waals surface area contributed by atoms with Gasteiger partial charge in [0.15, 0.2) is 0 Å². The summed E-state index contributed by atoms with van der Waals surface area (Å²) in [6, 6.07) is 0. The van der Waals surface area contributed by atoms with Crippen LogP contribution in [0.1, 0.15) is 0 Å². The van der Waals surface area contributed by atoms with E-state index in [9.17, 15) is 21.4 Å². The Balaban J connectivity index is -0.000000405. The average Bonchev–Trinajstić information content (AvgIpc) is 1.60. The molecule has 0 bridgehead atoms. The second-order valence-electron chi connectivity index (χ2n) is 0.953. The van der Waals surface area contributed by atoms with Crippen LogP contribution in [-0.4, -0.2) is 21.4 Å². The zero-order valence-corrected chi connectivity index (χ0v) is 9.28. The molecule has 0 spiro atoms. The first kappa shape index (κ1) is 18.9. The first-order valence-electron chi connectivity index (χ1n) is 1.50. The smallest absolute Gasteiger partial charge is 0.725 e. The van der Waals surface area contributed by atoms with Crippen LogP contribution in [0, 0.1) is 0 Å². The second kappa shape index (κ2) is 6.64. The third-order valence-corrected chi connectivity index (χ3v) is 1.75. The largest absolute Gasteiger partial charge is 1.00 e. The van der Waals surface area contributed by atoms with Gasteiger partial charge in [0.25, 0.3) is 0 Å². The molecule has 0 aliphatic heterocycles. The van der Waals surface area contributed by atoms with Crippen molar-refractivity contribution in [2.45, 2.75) is 0 Å². The molecule has 0 saturated carbocycles. The van der Waals surface area contributed by atoms with E-state index in [0.29, 0.717) is 0 Å². The summed E-state index contributed by atoms with van der Waals surface area (Å²) >= 11 is 0. The maximum absolute atomic E-state index is 9.68. The quantitative estimate of drug-likeness (QED) is 0.159. The van der Waals surface area contributed by atoms with E-state index in [1.54, 1.807) is 0 Å². The Morgan fingerprint density at radius 3 is 1.42 bits per heavy atom. The van der Waals surface area contributed by atoms with Crippen LogP contribution >= 0.6 is 0 Å². The Hall–Kier alpha value is 1.22. The fraction of sp³-hybridized carbons (Fsp3) is 0. The molecule has 0 atom stereocenters. The molecule has 0 unspecified atom stereocenters. The van der Waals surface area contributed by atoms with Gasteiger partial charge in [0.05, 0.1) is 0 Å². The molecule has 12 heavy (non-hydrogen) atoms. The van der Waals surface area contributed by atoms with Gasteiger partial charge in [0.1, 0.15) is 0 Å². The summed E-state index contributed by atoms with van der Waals surface area (Å²) in [6.45, 7) is 0. The van der Waals surface area contributed by atoms with Crippen LogP contribution in [0.4, 0.5) is 0 Å². The Morgan fingerprint density at radius 1 is 1.00 bits per heavy atom. The van der Waals surface area contributed by atoms with E-state index in [0.717, 1.165) is 0 Å². The van der Waals surface area contributed by atoms with Crippen molar-refractivity contribution < 1.29 is 79.4 Å². The van der Waals surface area contributed by atoms with Gasteiger partial charge in [-0.3, -0.25) is 0 Å². The molecule has 8 nitrogen and oxygen atoms in total. The molecule has 0 saturated heterocycles. The van der Waals surface area contributed by atoms with Gasteiger partial charge in [-0.1, -0.05) is 0 Å². The molecule has 12 heteroatoms. The van der Waals surface area contributed by atoms with E-state index in [4.69, 9.17) is 5.26 Å². The van der Waals surface area contributed by atoms with Gasteiger partial charge in [0.2, 0.25) is 10.4 Å². The van der Waals surface area contributed by atoms with E-state index >= 15 is 0 Å². The summed E-state index contributed by atoms with van der Waals surface area (Å²) in [7, 11) is -10.7. The molecule has 0 heterocycles. The summed E-state index contributed by atoms with van der Waals surface area (Å²) in [6.07, 6.45) is 0. The van der Waals surface area contributed by atoms with E-state index < -0.39 is 20.8 Å². The van der Waals surface area contributed by atoms with Crippen LogP contribution < -0.4 is 5.26 Å². The first-order valence-corrected chi connectivity index (χ1v) is 4.17. The molecule has 0 aromatic carbocycles. The molecule has 0 aromatic heterocycles. The van der Waals surface area contributed by atoms with Gasteiger partial charge in [0, 0.05) is 0 Å². The Kier molecular flexibility index (Phi) is 10.5. The van der Waals surface area contributed by atoms with Crippen molar-refractivity contribution in [3.05, 3.63) is 0 Å². The first-order chi connectivity index (χ1) is 4.27. The third kappa shape index (κ3) is 11.2. The van der Waals surface area contributed by atoms with Gasteiger partial charge in [-0.2, -0.15) is 8.42 Å². The second-order valence-corrected chi connectivity index (χ2v) is 3.27. The van der Waals surface area contributed by atoms with Crippen LogP contribution in [0.2, 0.25) is 0 Å². The minimum Gasteiger partial charge on any atom is -0.725 e. The molecule has 0 radical (unpaired) electrons.